The van der Waals surface area contributed by atoms with Crippen LogP contribution in [-0.4, -0.2) is 68.0 Å². The van der Waals surface area contributed by atoms with Crippen molar-refractivity contribution in [2.45, 2.75) is 50.6 Å². The van der Waals surface area contributed by atoms with E-state index < -0.39 is 17.7 Å². The Morgan fingerprint density at radius 2 is 1.86 bits per heavy atom. The molecule has 0 radical (unpaired) electrons. The number of aromatic nitrogens is 2. The van der Waals surface area contributed by atoms with Crippen LogP contribution in [0.4, 0.5) is 13.2 Å². The summed E-state index contributed by atoms with van der Waals surface area (Å²) in [6, 6.07) is 0.509. The highest BCUT2D eigenvalue weighted by atomic mass is 19.4. The molecule has 3 N–H and O–H groups in total. The molecule has 0 bridgehead atoms. The Hall–Kier alpha value is -2.14. The van der Waals surface area contributed by atoms with Crippen LogP contribution in [0.15, 0.2) is 12.4 Å². The van der Waals surface area contributed by atoms with Crippen molar-refractivity contribution in [3.8, 4) is 0 Å². The van der Waals surface area contributed by atoms with E-state index in [4.69, 9.17) is 9.90 Å². The number of hydrogen-bond acceptors (Lipinski definition) is 5. The first kappa shape index (κ1) is 20.6. The van der Waals surface area contributed by atoms with Crippen LogP contribution in [0.1, 0.15) is 44.6 Å². The molecule has 28 heavy (non-hydrogen) atoms. The first-order valence-corrected chi connectivity index (χ1v) is 8.94. The molecule has 1 aromatic heterocycles. The molecule has 0 spiro atoms. The Morgan fingerprint density at radius 1 is 1.29 bits per heavy atom. The second-order valence-corrected chi connectivity index (χ2v) is 8.19. The molecule has 3 heterocycles. The number of β-amino-alcohol motifs (C(OH)–C–C–N with tert-alkyl or cyclic N) is 1. The third-order valence-electron chi connectivity index (χ3n) is 5.25. The smallest absolute Gasteiger partial charge is 0.475 e. The van der Waals surface area contributed by atoms with Gasteiger partial charge in [-0.3, -0.25) is 4.79 Å². The Balaban J connectivity index is 0.000000279. The maximum absolute atomic E-state index is 12.6. The van der Waals surface area contributed by atoms with E-state index in [9.17, 15) is 23.1 Å². The molecule has 156 valence electrons. The Kier molecular flexibility index (Phi) is 4.95. The SMILES string of the molecule is CC1(C)CN(C(=O)C2(O)CNC2)C1c1nccn1C1CC1.O=C(O)C(F)(F)F. The summed E-state index contributed by atoms with van der Waals surface area (Å²) in [6.45, 7) is 5.71. The number of alkyl halides is 3. The van der Waals surface area contributed by atoms with E-state index in [-0.39, 0.29) is 17.4 Å². The second kappa shape index (κ2) is 6.73. The van der Waals surface area contributed by atoms with E-state index in [1.54, 1.807) is 0 Å². The molecule has 1 aliphatic carbocycles. The van der Waals surface area contributed by atoms with E-state index in [1.165, 1.54) is 12.8 Å². The third-order valence-corrected chi connectivity index (χ3v) is 5.25. The summed E-state index contributed by atoms with van der Waals surface area (Å²) in [5, 5.41) is 20.4. The van der Waals surface area contributed by atoms with Gasteiger partial charge in [-0.2, -0.15) is 13.2 Å². The Bertz CT molecular complexity index is 769. The quantitative estimate of drug-likeness (QED) is 0.696. The summed E-state index contributed by atoms with van der Waals surface area (Å²) >= 11 is 0. The summed E-state index contributed by atoms with van der Waals surface area (Å²) in [5.41, 5.74) is -1.22. The van der Waals surface area contributed by atoms with Gasteiger partial charge in [0.25, 0.3) is 5.91 Å². The van der Waals surface area contributed by atoms with Crippen molar-refractivity contribution in [1.82, 2.24) is 19.8 Å². The van der Waals surface area contributed by atoms with E-state index in [0.29, 0.717) is 25.7 Å². The highest BCUT2D eigenvalue weighted by Crippen LogP contribution is 2.50. The lowest BCUT2D eigenvalue weighted by atomic mass is 9.73. The van der Waals surface area contributed by atoms with E-state index in [1.807, 2.05) is 17.3 Å². The molecule has 8 nitrogen and oxygen atoms in total. The minimum atomic E-state index is -5.08. The number of rotatable bonds is 3. The van der Waals surface area contributed by atoms with Gasteiger partial charge in [0.2, 0.25) is 0 Å². The molecule has 1 unspecified atom stereocenters. The maximum Gasteiger partial charge on any atom is 0.490 e. The number of nitrogens with zero attached hydrogens (tertiary/aromatic N) is 3. The van der Waals surface area contributed by atoms with Crippen molar-refractivity contribution in [2.75, 3.05) is 19.6 Å². The molecular weight excluding hydrogens is 381 g/mol. The van der Waals surface area contributed by atoms with Crippen molar-refractivity contribution in [2.24, 2.45) is 5.41 Å². The van der Waals surface area contributed by atoms with Crippen molar-refractivity contribution in [3.63, 3.8) is 0 Å². The number of carbonyl (C=O) groups excluding carboxylic acids is 1. The number of carboxylic acids is 1. The first-order valence-electron chi connectivity index (χ1n) is 8.94. The number of imidazole rings is 1. The minimum absolute atomic E-state index is 0.00118. The van der Waals surface area contributed by atoms with Gasteiger partial charge >= 0.3 is 12.1 Å². The number of likely N-dealkylation sites (tertiary alicyclic amines) is 1. The number of carboxylic acid groups (broad SMARTS) is 1. The molecule has 11 heteroatoms. The number of aliphatic carboxylic acids is 1. The molecule has 1 atom stereocenters. The predicted octanol–water partition coefficient (Wildman–Crippen LogP) is 1.10. The number of hydrogen-bond donors (Lipinski definition) is 3. The van der Waals surface area contributed by atoms with Gasteiger partial charge in [0.1, 0.15) is 5.82 Å². The van der Waals surface area contributed by atoms with Gasteiger partial charge < -0.3 is 25.0 Å². The zero-order chi connectivity index (χ0) is 20.9. The van der Waals surface area contributed by atoms with Crippen molar-refractivity contribution in [1.29, 1.82) is 0 Å². The van der Waals surface area contributed by atoms with E-state index in [2.05, 4.69) is 28.7 Å². The van der Waals surface area contributed by atoms with Crippen LogP contribution in [0.3, 0.4) is 0 Å². The molecule has 2 aliphatic heterocycles. The van der Waals surface area contributed by atoms with Crippen LogP contribution >= 0.6 is 0 Å². The second-order valence-electron chi connectivity index (χ2n) is 8.19. The highest BCUT2D eigenvalue weighted by Gasteiger charge is 2.56. The molecule has 3 aliphatic rings. The summed E-state index contributed by atoms with van der Waals surface area (Å²) in [7, 11) is 0. The van der Waals surface area contributed by atoms with Gasteiger partial charge in [0, 0.05) is 43.5 Å². The van der Waals surface area contributed by atoms with E-state index >= 15 is 0 Å². The van der Waals surface area contributed by atoms with Crippen molar-refractivity contribution in [3.05, 3.63) is 18.2 Å². The average molecular weight is 404 g/mol. The zero-order valence-electron chi connectivity index (χ0n) is 15.5. The van der Waals surface area contributed by atoms with Crippen molar-refractivity contribution >= 4 is 11.9 Å². The standard InChI is InChI=1S/C15H22N4O2.C2HF3O2/c1-14(2)9-19(13(20)15(21)7-16-8-15)11(14)12-17-5-6-18(12)10-3-4-10;3-2(4,5)1(6)7/h5-6,10-11,16,21H,3-4,7-9H2,1-2H3;(H,6,7). The highest BCUT2D eigenvalue weighted by molar-refractivity contribution is 5.88. The van der Waals surface area contributed by atoms with Gasteiger partial charge in [-0.15, -0.1) is 0 Å². The van der Waals surface area contributed by atoms with Crippen molar-refractivity contribution < 1.29 is 33.0 Å². The Labute approximate surface area is 159 Å². The topological polar surface area (TPSA) is 108 Å². The molecular formula is C17H23F3N4O4. The molecule has 0 aromatic carbocycles. The summed E-state index contributed by atoms with van der Waals surface area (Å²) in [5.74, 6) is -1.94. The normalized spacial score (nSPS) is 25.1. The first-order chi connectivity index (χ1) is 12.9. The number of carbonyl (C=O) groups is 2. The van der Waals surface area contributed by atoms with Crippen LogP contribution in [0.2, 0.25) is 0 Å². The molecule has 1 saturated carbocycles. The van der Waals surface area contributed by atoms with Crippen LogP contribution in [0.5, 0.6) is 0 Å². The van der Waals surface area contributed by atoms with E-state index in [0.717, 1.165) is 5.82 Å². The van der Waals surface area contributed by atoms with Gasteiger partial charge in [-0.1, -0.05) is 13.8 Å². The lowest BCUT2D eigenvalue weighted by molar-refractivity contribution is -0.192. The molecule has 1 amide bonds. The fraction of sp³-hybridized carbons (Fsp3) is 0.706. The lowest BCUT2D eigenvalue weighted by Crippen LogP contribution is -2.72. The zero-order valence-corrected chi connectivity index (χ0v) is 15.5. The van der Waals surface area contributed by atoms with Gasteiger partial charge in [-0.05, 0) is 12.8 Å². The lowest BCUT2D eigenvalue weighted by Gasteiger charge is -2.56. The number of nitrogens with one attached hydrogen (secondary N) is 1. The number of halogens is 3. The Morgan fingerprint density at radius 3 is 2.25 bits per heavy atom. The summed E-state index contributed by atoms with van der Waals surface area (Å²) in [4.78, 5) is 27.8. The summed E-state index contributed by atoms with van der Waals surface area (Å²) < 4.78 is 34.0. The molecule has 2 saturated heterocycles. The average Bonchev–Trinajstić information content (AvgIpc) is 3.29. The molecule has 3 fully saturated rings. The summed E-state index contributed by atoms with van der Waals surface area (Å²) in [6.07, 6.45) is 1.14. The van der Waals surface area contributed by atoms with Crippen LogP contribution in [0.25, 0.3) is 0 Å². The number of amides is 1. The molecule has 1 aromatic rings. The maximum atomic E-state index is 12.6. The van der Waals surface area contributed by atoms with Gasteiger partial charge in [-0.25, -0.2) is 9.78 Å². The van der Waals surface area contributed by atoms with Crippen LogP contribution in [-0.2, 0) is 9.59 Å². The van der Waals surface area contributed by atoms with Gasteiger partial charge in [0.05, 0.1) is 6.04 Å². The monoisotopic (exact) mass is 404 g/mol. The van der Waals surface area contributed by atoms with Crippen LogP contribution < -0.4 is 5.32 Å². The fourth-order valence-corrected chi connectivity index (χ4v) is 3.58. The third kappa shape index (κ3) is 3.72. The largest absolute Gasteiger partial charge is 0.490 e. The molecule has 4 rings (SSSR count). The van der Waals surface area contributed by atoms with Gasteiger partial charge in [0.15, 0.2) is 5.60 Å². The van der Waals surface area contributed by atoms with Crippen LogP contribution in [0, 0.1) is 5.41 Å². The number of aliphatic hydroxyl groups is 1. The fourth-order valence-electron chi connectivity index (χ4n) is 3.58. The predicted molar refractivity (Wildman–Crippen MR) is 90.2 cm³/mol. The minimum Gasteiger partial charge on any atom is -0.475 e.